The first-order valence-corrected chi connectivity index (χ1v) is 8.12. The molecule has 1 aromatic carbocycles. The number of benzene rings is 1. The number of rotatable bonds is 7. The summed E-state index contributed by atoms with van der Waals surface area (Å²) in [5, 5.41) is 18.0. The number of hydrogen-bond donors (Lipinski definition) is 2. The predicted molar refractivity (Wildman–Crippen MR) is 90.9 cm³/mol. The van der Waals surface area contributed by atoms with Gasteiger partial charge in [-0.25, -0.2) is 4.68 Å². The van der Waals surface area contributed by atoms with Crippen molar-refractivity contribution in [2.45, 2.75) is 39.3 Å². The molecule has 0 aliphatic rings. The van der Waals surface area contributed by atoms with E-state index in [4.69, 9.17) is 28.3 Å². The van der Waals surface area contributed by atoms with E-state index in [-0.39, 0.29) is 6.61 Å². The van der Waals surface area contributed by atoms with Crippen LogP contribution in [0.4, 0.5) is 0 Å². The van der Waals surface area contributed by atoms with Crippen LogP contribution >= 0.6 is 23.2 Å². The van der Waals surface area contributed by atoms with Crippen LogP contribution in [0.3, 0.4) is 0 Å². The minimum atomic E-state index is 0.221. The van der Waals surface area contributed by atoms with Crippen LogP contribution in [0.25, 0.3) is 5.69 Å². The number of halogens is 2. The monoisotopic (exact) mass is 341 g/mol. The summed E-state index contributed by atoms with van der Waals surface area (Å²) in [4.78, 5) is 0. The summed E-state index contributed by atoms with van der Waals surface area (Å²) in [6.07, 6.45) is 1.72. The van der Waals surface area contributed by atoms with Crippen molar-refractivity contribution >= 4 is 23.2 Å². The average Bonchev–Trinajstić information content (AvgIpc) is 2.78. The van der Waals surface area contributed by atoms with Crippen LogP contribution in [-0.2, 0) is 6.54 Å². The number of hydrogen-bond acceptors (Lipinski definition) is 3. The van der Waals surface area contributed by atoms with Crippen molar-refractivity contribution in [1.82, 2.24) is 15.1 Å². The number of nitrogens with one attached hydrogen (secondary N) is 1. The third-order valence-electron chi connectivity index (χ3n) is 3.60. The molecule has 0 aliphatic heterocycles. The molecular formula is C16H21Cl2N3O. The highest BCUT2D eigenvalue weighted by Gasteiger charge is 2.15. The summed E-state index contributed by atoms with van der Waals surface area (Å²) < 4.78 is 1.71. The highest BCUT2D eigenvalue weighted by Crippen LogP contribution is 2.25. The van der Waals surface area contributed by atoms with Gasteiger partial charge >= 0.3 is 0 Å². The molecule has 2 N–H and O–H groups in total. The number of aromatic nitrogens is 2. The molecule has 0 fully saturated rings. The minimum Gasteiger partial charge on any atom is -0.396 e. The maximum absolute atomic E-state index is 8.87. The quantitative estimate of drug-likeness (QED) is 0.806. The summed E-state index contributed by atoms with van der Waals surface area (Å²) in [6.45, 7) is 4.92. The molecule has 0 aliphatic carbocycles. The number of aliphatic hydroxyl groups is 1. The molecule has 22 heavy (non-hydrogen) atoms. The fraction of sp³-hybridized carbons (Fsp3) is 0.438. The first-order chi connectivity index (χ1) is 10.5. The third kappa shape index (κ3) is 4.23. The number of aryl methyl sites for hydroxylation is 1. The van der Waals surface area contributed by atoms with E-state index in [1.807, 2.05) is 31.2 Å². The van der Waals surface area contributed by atoms with E-state index in [2.05, 4.69) is 17.3 Å². The molecular weight excluding hydrogens is 321 g/mol. The standard InChI is InChI=1S/C16H21Cl2N3O/c1-11(5-4-8-22)19-10-15-12(2)20-21(16(15)18)14-7-3-6-13(17)9-14/h3,6-7,9,11,19,22H,4-5,8,10H2,1-2H3. The van der Waals surface area contributed by atoms with Crippen molar-refractivity contribution in [3.05, 3.63) is 45.7 Å². The van der Waals surface area contributed by atoms with E-state index in [0.29, 0.717) is 22.8 Å². The van der Waals surface area contributed by atoms with Gasteiger partial charge < -0.3 is 10.4 Å². The molecule has 0 radical (unpaired) electrons. The highest BCUT2D eigenvalue weighted by atomic mass is 35.5. The highest BCUT2D eigenvalue weighted by molar-refractivity contribution is 6.31. The van der Waals surface area contributed by atoms with Crippen LogP contribution in [0.15, 0.2) is 24.3 Å². The van der Waals surface area contributed by atoms with Crippen molar-refractivity contribution in [3.8, 4) is 5.69 Å². The fourth-order valence-corrected chi connectivity index (χ4v) is 2.81. The molecule has 1 aromatic heterocycles. The second-order valence-electron chi connectivity index (χ2n) is 5.39. The van der Waals surface area contributed by atoms with Gasteiger partial charge in [-0.3, -0.25) is 0 Å². The Morgan fingerprint density at radius 1 is 1.36 bits per heavy atom. The zero-order valence-electron chi connectivity index (χ0n) is 12.8. The lowest BCUT2D eigenvalue weighted by molar-refractivity contribution is 0.276. The Balaban J connectivity index is 2.14. The van der Waals surface area contributed by atoms with Gasteiger partial charge in [-0.05, 0) is 44.9 Å². The van der Waals surface area contributed by atoms with Crippen LogP contribution in [-0.4, -0.2) is 27.5 Å². The summed E-state index contributed by atoms with van der Waals surface area (Å²) in [5.41, 5.74) is 2.73. The summed E-state index contributed by atoms with van der Waals surface area (Å²) >= 11 is 12.5. The van der Waals surface area contributed by atoms with Crippen molar-refractivity contribution in [3.63, 3.8) is 0 Å². The van der Waals surface area contributed by atoms with Gasteiger partial charge in [0.05, 0.1) is 11.4 Å². The molecule has 2 rings (SSSR count). The average molecular weight is 342 g/mol. The molecule has 1 unspecified atom stereocenters. The Bertz CT molecular complexity index is 628. The Hall–Kier alpha value is -1.07. The van der Waals surface area contributed by atoms with Gasteiger partial charge in [-0.2, -0.15) is 5.10 Å². The topological polar surface area (TPSA) is 50.1 Å². The zero-order chi connectivity index (χ0) is 16.1. The van der Waals surface area contributed by atoms with E-state index < -0.39 is 0 Å². The first-order valence-electron chi connectivity index (χ1n) is 7.37. The fourth-order valence-electron chi connectivity index (χ4n) is 2.29. The van der Waals surface area contributed by atoms with E-state index in [1.54, 1.807) is 4.68 Å². The van der Waals surface area contributed by atoms with E-state index in [0.717, 1.165) is 29.8 Å². The second-order valence-corrected chi connectivity index (χ2v) is 6.19. The Morgan fingerprint density at radius 2 is 2.14 bits per heavy atom. The summed E-state index contributed by atoms with van der Waals surface area (Å²) in [5.74, 6) is 0. The van der Waals surface area contributed by atoms with Crippen LogP contribution in [0.2, 0.25) is 10.2 Å². The van der Waals surface area contributed by atoms with Gasteiger partial charge in [0, 0.05) is 29.8 Å². The molecule has 6 heteroatoms. The molecule has 1 atom stereocenters. The molecule has 1 heterocycles. The number of aliphatic hydroxyl groups excluding tert-OH is 1. The lowest BCUT2D eigenvalue weighted by Crippen LogP contribution is -2.25. The molecule has 2 aromatic rings. The maximum Gasteiger partial charge on any atom is 0.137 e. The zero-order valence-corrected chi connectivity index (χ0v) is 14.3. The largest absolute Gasteiger partial charge is 0.396 e. The normalized spacial score (nSPS) is 12.6. The molecule has 0 saturated carbocycles. The van der Waals surface area contributed by atoms with Crippen LogP contribution in [0.1, 0.15) is 31.0 Å². The van der Waals surface area contributed by atoms with Gasteiger partial charge in [0.15, 0.2) is 0 Å². The SMILES string of the molecule is Cc1nn(-c2cccc(Cl)c2)c(Cl)c1CNC(C)CCCO. The van der Waals surface area contributed by atoms with Gasteiger partial charge in [0.1, 0.15) is 5.15 Å². The Morgan fingerprint density at radius 3 is 2.82 bits per heavy atom. The van der Waals surface area contributed by atoms with Crippen molar-refractivity contribution < 1.29 is 5.11 Å². The second kappa shape index (κ2) is 7.97. The lowest BCUT2D eigenvalue weighted by Gasteiger charge is -2.13. The lowest BCUT2D eigenvalue weighted by atomic mass is 10.1. The van der Waals surface area contributed by atoms with Gasteiger partial charge in [-0.1, -0.05) is 29.3 Å². The van der Waals surface area contributed by atoms with Gasteiger partial charge in [0.25, 0.3) is 0 Å². The Labute approximate surface area is 141 Å². The molecule has 0 bridgehead atoms. The molecule has 0 amide bonds. The van der Waals surface area contributed by atoms with Gasteiger partial charge in [-0.15, -0.1) is 0 Å². The van der Waals surface area contributed by atoms with Crippen LogP contribution < -0.4 is 5.32 Å². The Kier molecular flexibility index (Phi) is 6.26. The van der Waals surface area contributed by atoms with Crippen LogP contribution in [0.5, 0.6) is 0 Å². The first kappa shape index (κ1) is 17.3. The predicted octanol–water partition coefficient (Wildman–Crippen LogP) is 3.74. The van der Waals surface area contributed by atoms with E-state index in [1.165, 1.54) is 0 Å². The van der Waals surface area contributed by atoms with Crippen molar-refractivity contribution in [2.75, 3.05) is 6.61 Å². The molecule has 0 spiro atoms. The minimum absolute atomic E-state index is 0.221. The summed E-state index contributed by atoms with van der Waals surface area (Å²) in [6, 6.07) is 7.77. The molecule has 4 nitrogen and oxygen atoms in total. The van der Waals surface area contributed by atoms with E-state index >= 15 is 0 Å². The number of nitrogens with zero attached hydrogens (tertiary/aromatic N) is 2. The maximum atomic E-state index is 8.87. The smallest absolute Gasteiger partial charge is 0.137 e. The van der Waals surface area contributed by atoms with Crippen LogP contribution in [0, 0.1) is 6.92 Å². The van der Waals surface area contributed by atoms with E-state index in [9.17, 15) is 0 Å². The summed E-state index contributed by atoms with van der Waals surface area (Å²) in [7, 11) is 0. The van der Waals surface area contributed by atoms with Crippen molar-refractivity contribution in [2.24, 2.45) is 0 Å². The third-order valence-corrected chi connectivity index (χ3v) is 4.22. The molecule has 0 saturated heterocycles. The van der Waals surface area contributed by atoms with Gasteiger partial charge in [0.2, 0.25) is 0 Å². The van der Waals surface area contributed by atoms with Crippen molar-refractivity contribution in [1.29, 1.82) is 0 Å². The molecule has 120 valence electrons.